The largest absolute Gasteiger partial charge is 0.480 e. The standard InChI is InChI=1S/C11H11Cl2NO3/c1-11(2,10(16)17)14-9(15)8-6(12)4-3-5-7(8)13/h3-5H,1-2H3,(H,14,15)(H,16,17). The molecular formula is C11H11Cl2NO3. The van der Waals surface area contributed by atoms with E-state index in [4.69, 9.17) is 28.3 Å². The number of carbonyl (C=O) groups is 2. The molecule has 1 rings (SSSR count). The summed E-state index contributed by atoms with van der Waals surface area (Å²) in [6.07, 6.45) is 0. The van der Waals surface area contributed by atoms with Gasteiger partial charge in [0, 0.05) is 0 Å². The lowest BCUT2D eigenvalue weighted by molar-refractivity contribution is -0.143. The third-order valence-corrected chi connectivity index (χ3v) is 2.78. The highest BCUT2D eigenvalue weighted by molar-refractivity contribution is 6.39. The third-order valence-electron chi connectivity index (χ3n) is 2.15. The van der Waals surface area contributed by atoms with E-state index in [1.54, 1.807) is 6.07 Å². The van der Waals surface area contributed by atoms with Crippen molar-refractivity contribution >= 4 is 35.1 Å². The van der Waals surface area contributed by atoms with Crippen molar-refractivity contribution in [1.29, 1.82) is 0 Å². The van der Waals surface area contributed by atoms with Crippen molar-refractivity contribution in [3.63, 3.8) is 0 Å². The van der Waals surface area contributed by atoms with Crippen molar-refractivity contribution in [2.45, 2.75) is 19.4 Å². The molecule has 0 heterocycles. The maximum Gasteiger partial charge on any atom is 0.328 e. The van der Waals surface area contributed by atoms with Crippen LogP contribution in [-0.4, -0.2) is 22.5 Å². The summed E-state index contributed by atoms with van der Waals surface area (Å²) in [5, 5.41) is 11.6. The molecule has 6 heteroatoms. The van der Waals surface area contributed by atoms with E-state index in [-0.39, 0.29) is 15.6 Å². The lowest BCUT2D eigenvalue weighted by Crippen LogP contribution is -2.49. The van der Waals surface area contributed by atoms with E-state index in [1.807, 2.05) is 0 Å². The van der Waals surface area contributed by atoms with Gasteiger partial charge in [-0.15, -0.1) is 0 Å². The molecule has 17 heavy (non-hydrogen) atoms. The zero-order valence-corrected chi connectivity index (χ0v) is 10.8. The maximum atomic E-state index is 11.9. The molecule has 0 unspecified atom stereocenters. The van der Waals surface area contributed by atoms with Crippen LogP contribution >= 0.6 is 23.2 Å². The van der Waals surface area contributed by atoms with Crippen LogP contribution in [0.2, 0.25) is 10.0 Å². The minimum absolute atomic E-state index is 0.0742. The number of halogens is 2. The Kier molecular flexibility index (Phi) is 4.01. The molecular weight excluding hydrogens is 265 g/mol. The highest BCUT2D eigenvalue weighted by Crippen LogP contribution is 2.24. The first-order valence-electron chi connectivity index (χ1n) is 4.75. The number of benzene rings is 1. The van der Waals surface area contributed by atoms with E-state index >= 15 is 0 Å². The van der Waals surface area contributed by atoms with E-state index in [0.717, 1.165) is 0 Å². The van der Waals surface area contributed by atoms with Crippen LogP contribution in [0, 0.1) is 0 Å². The average Bonchev–Trinajstić information content (AvgIpc) is 2.15. The molecule has 0 atom stereocenters. The molecule has 1 aromatic rings. The summed E-state index contributed by atoms with van der Waals surface area (Å²) < 4.78 is 0. The molecule has 1 amide bonds. The van der Waals surface area contributed by atoms with Crippen LogP contribution in [0.1, 0.15) is 24.2 Å². The Hall–Kier alpha value is -1.26. The Balaban J connectivity index is 3.03. The molecule has 0 aliphatic heterocycles. The minimum atomic E-state index is -1.39. The summed E-state index contributed by atoms with van der Waals surface area (Å²) in [7, 11) is 0. The number of hydrogen-bond acceptors (Lipinski definition) is 2. The first-order valence-corrected chi connectivity index (χ1v) is 5.51. The number of amides is 1. The number of aliphatic carboxylic acids is 1. The van der Waals surface area contributed by atoms with E-state index in [9.17, 15) is 9.59 Å². The molecule has 0 aliphatic carbocycles. The number of hydrogen-bond donors (Lipinski definition) is 2. The molecule has 0 spiro atoms. The summed E-state index contributed by atoms with van der Waals surface area (Å²) in [4.78, 5) is 22.7. The molecule has 92 valence electrons. The summed E-state index contributed by atoms with van der Waals surface area (Å²) in [5.74, 6) is -1.76. The molecule has 0 saturated heterocycles. The fraction of sp³-hybridized carbons (Fsp3) is 0.273. The highest BCUT2D eigenvalue weighted by atomic mass is 35.5. The van der Waals surface area contributed by atoms with Gasteiger partial charge in [0.15, 0.2) is 0 Å². The molecule has 0 aliphatic rings. The fourth-order valence-corrected chi connectivity index (χ4v) is 1.68. The van der Waals surface area contributed by atoms with E-state index in [2.05, 4.69) is 5.32 Å². The van der Waals surface area contributed by atoms with Gasteiger partial charge < -0.3 is 10.4 Å². The van der Waals surface area contributed by atoms with Crippen molar-refractivity contribution in [3.8, 4) is 0 Å². The number of nitrogens with one attached hydrogen (secondary N) is 1. The predicted octanol–water partition coefficient (Wildman–Crippen LogP) is 2.59. The summed E-state index contributed by atoms with van der Waals surface area (Å²) >= 11 is 11.7. The van der Waals surface area contributed by atoms with Gasteiger partial charge in [-0.1, -0.05) is 29.3 Å². The van der Waals surface area contributed by atoms with Gasteiger partial charge in [-0.05, 0) is 26.0 Å². The minimum Gasteiger partial charge on any atom is -0.480 e. The molecule has 0 fully saturated rings. The molecule has 0 aromatic heterocycles. The highest BCUT2D eigenvalue weighted by Gasteiger charge is 2.30. The second-order valence-corrected chi connectivity index (χ2v) is 4.80. The van der Waals surface area contributed by atoms with Gasteiger partial charge in [0.1, 0.15) is 5.54 Å². The van der Waals surface area contributed by atoms with Crippen LogP contribution in [0.25, 0.3) is 0 Å². The SMILES string of the molecule is CC(C)(NC(=O)c1c(Cl)cccc1Cl)C(=O)O. The Morgan fingerprint density at radius 2 is 1.71 bits per heavy atom. The van der Waals surface area contributed by atoms with Crippen LogP contribution in [0.4, 0.5) is 0 Å². The number of rotatable bonds is 3. The first-order chi connectivity index (χ1) is 7.75. The quantitative estimate of drug-likeness (QED) is 0.891. The topological polar surface area (TPSA) is 66.4 Å². The molecule has 1 aromatic carbocycles. The van der Waals surface area contributed by atoms with Crippen LogP contribution in [0.15, 0.2) is 18.2 Å². The Labute approximate surface area is 109 Å². The Morgan fingerprint density at radius 3 is 2.12 bits per heavy atom. The van der Waals surface area contributed by atoms with Gasteiger partial charge >= 0.3 is 5.97 Å². The van der Waals surface area contributed by atoms with Crippen molar-refractivity contribution in [1.82, 2.24) is 5.32 Å². The molecule has 0 radical (unpaired) electrons. The van der Waals surface area contributed by atoms with E-state index in [0.29, 0.717) is 0 Å². The van der Waals surface area contributed by atoms with Crippen molar-refractivity contribution in [2.75, 3.05) is 0 Å². The zero-order valence-electron chi connectivity index (χ0n) is 9.25. The van der Waals surface area contributed by atoms with Crippen molar-refractivity contribution in [2.24, 2.45) is 0 Å². The summed E-state index contributed by atoms with van der Waals surface area (Å²) in [6, 6.07) is 4.62. The second kappa shape index (κ2) is 4.94. The number of carbonyl (C=O) groups excluding carboxylic acids is 1. The molecule has 0 bridgehead atoms. The van der Waals surface area contributed by atoms with Gasteiger partial charge in [-0.3, -0.25) is 4.79 Å². The van der Waals surface area contributed by atoms with Crippen LogP contribution in [0.3, 0.4) is 0 Å². The predicted molar refractivity (Wildman–Crippen MR) is 65.6 cm³/mol. The van der Waals surface area contributed by atoms with E-state index < -0.39 is 17.4 Å². The summed E-state index contributed by atoms with van der Waals surface area (Å²) in [5.41, 5.74) is -1.32. The molecule has 2 N–H and O–H groups in total. The smallest absolute Gasteiger partial charge is 0.328 e. The number of carboxylic acids is 1. The van der Waals surface area contributed by atoms with Crippen LogP contribution in [0.5, 0.6) is 0 Å². The Morgan fingerprint density at radius 1 is 1.24 bits per heavy atom. The Bertz CT molecular complexity index is 452. The lowest BCUT2D eigenvalue weighted by atomic mass is 10.1. The lowest BCUT2D eigenvalue weighted by Gasteiger charge is -2.21. The van der Waals surface area contributed by atoms with Gasteiger partial charge in [-0.25, -0.2) is 4.79 Å². The average molecular weight is 276 g/mol. The van der Waals surface area contributed by atoms with Gasteiger partial charge in [0.25, 0.3) is 5.91 Å². The van der Waals surface area contributed by atoms with Crippen molar-refractivity contribution < 1.29 is 14.7 Å². The van der Waals surface area contributed by atoms with Gasteiger partial charge in [0.2, 0.25) is 0 Å². The summed E-state index contributed by atoms with van der Waals surface area (Å²) in [6.45, 7) is 2.75. The fourth-order valence-electron chi connectivity index (χ4n) is 1.11. The normalized spacial score (nSPS) is 11.1. The van der Waals surface area contributed by atoms with E-state index in [1.165, 1.54) is 26.0 Å². The monoisotopic (exact) mass is 275 g/mol. The van der Waals surface area contributed by atoms with Gasteiger partial charge in [0.05, 0.1) is 15.6 Å². The molecule has 4 nitrogen and oxygen atoms in total. The van der Waals surface area contributed by atoms with Gasteiger partial charge in [-0.2, -0.15) is 0 Å². The zero-order chi connectivity index (χ0) is 13.2. The number of carboxylic acid groups (broad SMARTS) is 1. The second-order valence-electron chi connectivity index (χ2n) is 3.98. The third kappa shape index (κ3) is 3.11. The van der Waals surface area contributed by atoms with Crippen LogP contribution in [-0.2, 0) is 4.79 Å². The molecule has 0 saturated carbocycles. The van der Waals surface area contributed by atoms with Crippen LogP contribution < -0.4 is 5.32 Å². The first kappa shape index (κ1) is 13.8. The maximum absolute atomic E-state index is 11.9. The van der Waals surface area contributed by atoms with Crippen molar-refractivity contribution in [3.05, 3.63) is 33.8 Å².